The van der Waals surface area contributed by atoms with Crippen LogP contribution in [-0.4, -0.2) is 15.0 Å². The summed E-state index contributed by atoms with van der Waals surface area (Å²) < 4.78 is 0. The zero-order valence-electron chi connectivity index (χ0n) is 11.9. The van der Waals surface area contributed by atoms with Crippen molar-refractivity contribution in [3.63, 3.8) is 0 Å². The van der Waals surface area contributed by atoms with E-state index in [9.17, 15) is 0 Å². The second-order valence-electron chi connectivity index (χ2n) is 5.54. The fourth-order valence-electron chi connectivity index (χ4n) is 1.60. The Labute approximate surface area is 117 Å². The van der Waals surface area contributed by atoms with Crippen molar-refractivity contribution in [2.24, 2.45) is 5.84 Å². The Bertz CT molecular complexity index is 598. The molecule has 0 bridgehead atoms. The Balaban J connectivity index is 2.48. The molecule has 19 heavy (non-hydrogen) atoms. The third kappa shape index (κ3) is 2.74. The molecule has 0 unspecified atom stereocenters. The Kier molecular flexibility index (Phi) is 3.56. The highest BCUT2D eigenvalue weighted by Gasteiger charge is 2.20. The van der Waals surface area contributed by atoms with Crippen molar-refractivity contribution in [2.75, 3.05) is 5.43 Å². The molecule has 2 rings (SSSR count). The molecule has 0 fully saturated rings. The van der Waals surface area contributed by atoms with Crippen molar-refractivity contribution in [1.29, 1.82) is 0 Å². The van der Waals surface area contributed by atoms with Crippen LogP contribution in [0.25, 0.3) is 11.5 Å². The summed E-state index contributed by atoms with van der Waals surface area (Å²) in [4.78, 5) is 13.5. The van der Waals surface area contributed by atoms with Gasteiger partial charge in [-0.2, -0.15) is 0 Å². The van der Waals surface area contributed by atoms with Crippen LogP contribution in [0, 0.1) is 13.8 Å². The van der Waals surface area contributed by atoms with Crippen molar-refractivity contribution in [3.8, 4) is 11.5 Å². The SMILES string of the molecule is Cc1nc(-c2csc(C(C)(C)C)n2)nc(NN)c1C. The largest absolute Gasteiger partial charge is 0.308 e. The molecular weight excluding hydrogens is 258 g/mol. The van der Waals surface area contributed by atoms with Crippen molar-refractivity contribution in [2.45, 2.75) is 40.0 Å². The number of hydrogen-bond acceptors (Lipinski definition) is 6. The molecule has 0 aromatic carbocycles. The highest BCUT2D eigenvalue weighted by atomic mass is 32.1. The van der Waals surface area contributed by atoms with Crippen LogP contribution >= 0.6 is 11.3 Å². The van der Waals surface area contributed by atoms with Crippen LogP contribution in [0.15, 0.2) is 5.38 Å². The maximum absolute atomic E-state index is 5.48. The summed E-state index contributed by atoms with van der Waals surface area (Å²) in [5, 5.41) is 3.07. The first-order chi connectivity index (χ1) is 8.82. The second kappa shape index (κ2) is 4.86. The average Bonchev–Trinajstić information content (AvgIpc) is 2.81. The molecule has 0 aliphatic heterocycles. The van der Waals surface area contributed by atoms with E-state index in [1.807, 2.05) is 19.2 Å². The van der Waals surface area contributed by atoms with Gasteiger partial charge in [0.1, 0.15) is 11.5 Å². The van der Waals surface area contributed by atoms with Gasteiger partial charge in [-0.15, -0.1) is 11.3 Å². The van der Waals surface area contributed by atoms with Crippen LogP contribution in [0.2, 0.25) is 0 Å². The van der Waals surface area contributed by atoms with Gasteiger partial charge in [-0.1, -0.05) is 20.8 Å². The molecule has 0 aliphatic carbocycles. The Morgan fingerprint density at radius 3 is 2.37 bits per heavy atom. The van der Waals surface area contributed by atoms with E-state index in [0.29, 0.717) is 11.6 Å². The van der Waals surface area contributed by atoms with E-state index in [-0.39, 0.29) is 5.41 Å². The fraction of sp³-hybridized carbons (Fsp3) is 0.462. The lowest BCUT2D eigenvalue weighted by Gasteiger charge is -2.13. The lowest BCUT2D eigenvalue weighted by molar-refractivity contribution is 0.586. The van der Waals surface area contributed by atoms with Crippen LogP contribution in [-0.2, 0) is 5.41 Å². The molecule has 3 N–H and O–H groups in total. The van der Waals surface area contributed by atoms with Crippen molar-refractivity contribution in [3.05, 3.63) is 21.6 Å². The van der Waals surface area contributed by atoms with Gasteiger partial charge in [0.25, 0.3) is 0 Å². The topological polar surface area (TPSA) is 76.7 Å². The van der Waals surface area contributed by atoms with E-state index >= 15 is 0 Å². The minimum atomic E-state index is 0.0393. The quantitative estimate of drug-likeness (QED) is 0.652. The Morgan fingerprint density at radius 2 is 1.84 bits per heavy atom. The second-order valence-corrected chi connectivity index (χ2v) is 6.40. The number of aryl methyl sites for hydroxylation is 1. The first kappa shape index (κ1) is 13.9. The van der Waals surface area contributed by atoms with E-state index in [0.717, 1.165) is 22.0 Å². The molecule has 0 amide bonds. The summed E-state index contributed by atoms with van der Waals surface area (Å²) in [6, 6.07) is 0. The van der Waals surface area contributed by atoms with Gasteiger partial charge < -0.3 is 5.43 Å². The number of nitrogens with one attached hydrogen (secondary N) is 1. The first-order valence-electron chi connectivity index (χ1n) is 6.11. The molecule has 0 saturated carbocycles. The first-order valence-corrected chi connectivity index (χ1v) is 6.99. The van der Waals surface area contributed by atoms with Crippen LogP contribution in [0.4, 0.5) is 5.82 Å². The van der Waals surface area contributed by atoms with E-state index in [1.165, 1.54) is 0 Å². The zero-order chi connectivity index (χ0) is 14.2. The monoisotopic (exact) mass is 277 g/mol. The third-order valence-electron chi connectivity index (χ3n) is 2.90. The fourth-order valence-corrected chi connectivity index (χ4v) is 2.49. The van der Waals surface area contributed by atoms with Crippen LogP contribution in [0.5, 0.6) is 0 Å². The summed E-state index contributed by atoms with van der Waals surface area (Å²) in [5.74, 6) is 6.74. The van der Waals surface area contributed by atoms with Gasteiger partial charge in [0.2, 0.25) is 0 Å². The number of hydrogen-bond donors (Lipinski definition) is 2. The summed E-state index contributed by atoms with van der Waals surface area (Å²) in [6.45, 7) is 10.3. The van der Waals surface area contributed by atoms with Gasteiger partial charge >= 0.3 is 0 Å². The van der Waals surface area contributed by atoms with Gasteiger partial charge in [-0.3, -0.25) is 0 Å². The molecule has 5 nitrogen and oxygen atoms in total. The molecular formula is C13H19N5S. The van der Waals surface area contributed by atoms with Crippen molar-refractivity contribution < 1.29 is 0 Å². The van der Waals surface area contributed by atoms with Gasteiger partial charge in [0.15, 0.2) is 5.82 Å². The summed E-state index contributed by atoms with van der Waals surface area (Å²) in [7, 11) is 0. The Hall–Kier alpha value is -1.53. The predicted octanol–water partition coefficient (Wildman–Crippen LogP) is 2.80. The zero-order valence-corrected chi connectivity index (χ0v) is 12.7. The number of aromatic nitrogens is 3. The predicted molar refractivity (Wildman–Crippen MR) is 79.1 cm³/mol. The maximum atomic E-state index is 5.48. The van der Waals surface area contributed by atoms with Gasteiger partial charge in [0.05, 0.1) is 5.01 Å². The highest BCUT2D eigenvalue weighted by molar-refractivity contribution is 7.10. The number of anilines is 1. The maximum Gasteiger partial charge on any atom is 0.181 e. The molecule has 2 aromatic heterocycles. The Morgan fingerprint density at radius 1 is 1.16 bits per heavy atom. The van der Waals surface area contributed by atoms with Gasteiger partial charge in [0, 0.05) is 22.1 Å². The molecule has 0 spiro atoms. The minimum Gasteiger partial charge on any atom is -0.308 e. The van der Waals surface area contributed by atoms with E-state index in [4.69, 9.17) is 5.84 Å². The molecule has 102 valence electrons. The number of rotatable bonds is 2. The normalized spacial score (nSPS) is 11.7. The summed E-state index contributed by atoms with van der Waals surface area (Å²) in [6.07, 6.45) is 0. The molecule has 2 aromatic rings. The van der Waals surface area contributed by atoms with E-state index in [2.05, 4.69) is 41.1 Å². The number of hydrazine groups is 1. The smallest absolute Gasteiger partial charge is 0.181 e. The van der Waals surface area contributed by atoms with Crippen molar-refractivity contribution in [1.82, 2.24) is 15.0 Å². The molecule has 6 heteroatoms. The van der Waals surface area contributed by atoms with Crippen LogP contribution in [0.1, 0.15) is 37.0 Å². The number of thiazole rings is 1. The number of nitrogens with two attached hydrogens (primary N) is 1. The number of nitrogen functional groups attached to an aromatic ring is 1. The van der Waals surface area contributed by atoms with Crippen LogP contribution < -0.4 is 11.3 Å². The lowest BCUT2D eigenvalue weighted by atomic mass is 9.98. The lowest BCUT2D eigenvalue weighted by Crippen LogP contribution is -2.13. The van der Waals surface area contributed by atoms with Crippen LogP contribution in [0.3, 0.4) is 0 Å². The number of nitrogens with zero attached hydrogens (tertiary/aromatic N) is 3. The molecule has 0 aliphatic rings. The highest BCUT2D eigenvalue weighted by Crippen LogP contribution is 2.29. The molecule has 0 radical (unpaired) electrons. The molecule has 0 saturated heterocycles. The minimum absolute atomic E-state index is 0.0393. The van der Waals surface area contributed by atoms with Gasteiger partial charge in [-0.05, 0) is 13.8 Å². The summed E-state index contributed by atoms with van der Waals surface area (Å²) in [5.41, 5.74) is 5.31. The van der Waals surface area contributed by atoms with E-state index < -0.39 is 0 Å². The standard InChI is InChI=1S/C13H19N5S/c1-7-8(2)15-11(17-10(7)18-14)9-6-19-12(16-9)13(3,4)5/h6H,14H2,1-5H3,(H,15,17,18). The average molecular weight is 277 g/mol. The van der Waals surface area contributed by atoms with Gasteiger partial charge in [-0.25, -0.2) is 20.8 Å². The summed E-state index contributed by atoms with van der Waals surface area (Å²) >= 11 is 1.63. The molecule has 2 heterocycles. The van der Waals surface area contributed by atoms with Crippen molar-refractivity contribution >= 4 is 17.2 Å². The van der Waals surface area contributed by atoms with E-state index in [1.54, 1.807) is 11.3 Å². The molecule has 0 atom stereocenters. The third-order valence-corrected chi connectivity index (χ3v) is 4.17.